The molecule has 6 rings (SSSR count). The second-order valence-corrected chi connectivity index (χ2v) is 7.83. The molecule has 5 nitrogen and oxygen atoms in total. The highest BCUT2D eigenvalue weighted by atomic mass is 15.2. The summed E-state index contributed by atoms with van der Waals surface area (Å²) in [4.78, 5) is 12.2. The first kappa shape index (κ1) is 15.4. The van der Waals surface area contributed by atoms with Crippen LogP contribution in [-0.2, 0) is 13.0 Å². The van der Waals surface area contributed by atoms with Crippen LogP contribution >= 0.6 is 0 Å². The largest absolute Gasteiger partial charge is 0.327 e. The van der Waals surface area contributed by atoms with Gasteiger partial charge in [-0.2, -0.15) is 0 Å². The molecule has 0 spiro atoms. The first-order valence-electron chi connectivity index (χ1n) is 10.0. The minimum atomic E-state index is 0.814. The molecule has 4 heterocycles. The molecular formula is C22H23N5. The van der Waals surface area contributed by atoms with E-state index in [1.807, 2.05) is 18.6 Å². The van der Waals surface area contributed by atoms with E-state index in [1.54, 1.807) is 0 Å². The summed E-state index contributed by atoms with van der Waals surface area (Å²) in [5, 5.41) is 0. The summed E-state index contributed by atoms with van der Waals surface area (Å²) in [6.07, 6.45) is 11.1. The highest BCUT2D eigenvalue weighted by Gasteiger charge is 2.27. The van der Waals surface area contributed by atoms with Crippen molar-refractivity contribution in [3.05, 3.63) is 54.7 Å². The van der Waals surface area contributed by atoms with E-state index in [0.717, 1.165) is 43.3 Å². The molecule has 0 radical (unpaired) electrons. The third-order valence-electron chi connectivity index (χ3n) is 6.38. The Kier molecular flexibility index (Phi) is 3.38. The molecule has 1 aliphatic heterocycles. The molecule has 3 aromatic heterocycles. The standard InChI is InChI=1S/C22H23N5/c1-3-17(4-1)25-11-8-21-24-19-7-6-16(15-20(19)27(21)14-13-25)18-5-2-10-26-12-9-23-22(18)26/h2,5-7,9-10,12,15,17H,1,3-4,8,11,13-14H2. The molecule has 1 aliphatic carbocycles. The van der Waals surface area contributed by atoms with E-state index in [4.69, 9.17) is 4.98 Å². The Morgan fingerprint density at radius 3 is 2.85 bits per heavy atom. The number of pyridine rings is 1. The Morgan fingerprint density at radius 2 is 1.96 bits per heavy atom. The average Bonchev–Trinajstić information content (AvgIpc) is 3.21. The van der Waals surface area contributed by atoms with Gasteiger partial charge in [-0.05, 0) is 42.7 Å². The molecule has 0 N–H and O–H groups in total. The summed E-state index contributed by atoms with van der Waals surface area (Å²) in [6, 6.07) is 11.7. The molecule has 0 atom stereocenters. The molecule has 0 unspecified atom stereocenters. The molecule has 1 fully saturated rings. The lowest BCUT2D eigenvalue weighted by molar-refractivity contribution is 0.130. The third kappa shape index (κ3) is 2.42. The average molecular weight is 357 g/mol. The number of imidazole rings is 2. The Hall–Kier alpha value is -2.66. The number of aromatic nitrogens is 4. The highest BCUT2D eigenvalue weighted by molar-refractivity contribution is 5.86. The minimum Gasteiger partial charge on any atom is -0.327 e. The third-order valence-corrected chi connectivity index (χ3v) is 6.38. The van der Waals surface area contributed by atoms with Crippen molar-refractivity contribution in [2.24, 2.45) is 0 Å². The summed E-state index contributed by atoms with van der Waals surface area (Å²) in [6.45, 7) is 3.33. The smallest absolute Gasteiger partial charge is 0.144 e. The summed E-state index contributed by atoms with van der Waals surface area (Å²) in [5.74, 6) is 1.24. The summed E-state index contributed by atoms with van der Waals surface area (Å²) in [5.41, 5.74) is 5.75. The second-order valence-electron chi connectivity index (χ2n) is 7.83. The van der Waals surface area contributed by atoms with Crippen molar-refractivity contribution >= 4 is 16.7 Å². The molecule has 136 valence electrons. The first-order valence-corrected chi connectivity index (χ1v) is 10.0. The van der Waals surface area contributed by atoms with E-state index < -0.39 is 0 Å². The lowest BCUT2D eigenvalue weighted by atomic mass is 9.91. The number of rotatable bonds is 2. The predicted molar refractivity (Wildman–Crippen MR) is 107 cm³/mol. The second kappa shape index (κ2) is 5.92. The van der Waals surface area contributed by atoms with Gasteiger partial charge in [-0.15, -0.1) is 0 Å². The molecule has 27 heavy (non-hydrogen) atoms. The Bertz CT molecular complexity index is 1130. The van der Waals surface area contributed by atoms with E-state index in [9.17, 15) is 0 Å². The van der Waals surface area contributed by atoms with Gasteiger partial charge in [0.05, 0.1) is 11.0 Å². The number of hydrogen-bond donors (Lipinski definition) is 0. The van der Waals surface area contributed by atoms with Gasteiger partial charge in [-0.3, -0.25) is 4.90 Å². The molecule has 0 bridgehead atoms. The van der Waals surface area contributed by atoms with Gasteiger partial charge < -0.3 is 8.97 Å². The zero-order valence-electron chi connectivity index (χ0n) is 15.4. The van der Waals surface area contributed by atoms with Gasteiger partial charge in [-0.1, -0.05) is 12.5 Å². The number of benzene rings is 1. The summed E-state index contributed by atoms with van der Waals surface area (Å²) in [7, 11) is 0. The van der Waals surface area contributed by atoms with Crippen LogP contribution in [-0.4, -0.2) is 43.0 Å². The maximum absolute atomic E-state index is 4.95. The normalized spacial score (nSPS) is 18.5. The van der Waals surface area contributed by atoms with Crippen molar-refractivity contribution in [3.63, 3.8) is 0 Å². The van der Waals surface area contributed by atoms with Crippen LogP contribution in [0.2, 0.25) is 0 Å². The Morgan fingerprint density at radius 1 is 1.00 bits per heavy atom. The SMILES string of the molecule is c1cc(-c2ccc3nc4n(c3c2)CCN(C2CCC2)CC4)c2nccn2c1. The zero-order chi connectivity index (χ0) is 17.8. The molecule has 4 aromatic rings. The van der Waals surface area contributed by atoms with Crippen LogP contribution in [0.5, 0.6) is 0 Å². The van der Waals surface area contributed by atoms with Crippen LogP contribution < -0.4 is 0 Å². The number of hydrogen-bond acceptors (Lipinski definition) is 3. The molecule has 5 heteroatoms. The molecule has 0 saturated heterocycles. The fourth-order valence-corrected chi connectivity index (χ4v) is 4.66. The van der Waals surface area contributed by atoms with Crippen LogP contribution in [0.3, 0.4) is 0 Å². The van der Waals surface area contributed by atoms with E-state index >= 15 is 0 Å². The predicted octanol–water partition coefficient (Wildman–Crippen LogP) is 3.76. The van der Waals surface area contributed by atoms with E-state index in [1.165, 1.54) is 41.7 Å². The number of nitrogens with zero attached hydrogens (tertiary/aromatic N) is 5. The topological polar surface area (TPSA) is 38.4 Å². The van der Waals surface area contributed by atoms with Crippen molar-refractivity contribution in [2.45, 2.75) is 38.3 Å². The van der Waals surface area contributed by atoms with Crippen molar-refractivity contribution in [3.8, 4) is 11.1 Å². The zero-order valence-corrected chi connectivity index (χ0v) is 15.4. The van der Waals surface area contributed by atoms with Crippen molar-refractivity contribution < 1.29 is 0 Å². The van der Waals surface area contributed by atoms with Gasteiger partial charge in [0.25, 0.3) is 0 Å². The summed E-state index contributed by atoms with van der Waals surface area (Å²) >= 11 is 0. The van der Waals surface area contributed by atoms with E-state index in [-0.39, 0.29) is 0 Å². The van der Waals surface area contributed by atoms with Crippen molar-refractivity contribution in [2.75, 3.05) is 13.1 Å². The van der Waals surface area contributed by atoms with Gasteiger partial charge in [0.15, 0.2) is 0 Å². The van der Waals surface area contributed by atoms with Crippen LogP contribution in [0.15, 0.2) is 48.9 Å². The van der Waals surface area contributed by atoms with Crippen LogP contribution in [0.4, 0.5) is 0 Å². The molecule has 0 amide bonds. The molecular weight excluding hydrogens is 334 g/mol. The monoisotopic (exact) mass is 357 g/mol. The minimum absolute atomic E-state index is 0.814. The molecule has 2 aliphatic rings. The lowest BCUT2D eigenvalue weighted by Gasteiger charge is -2.36. The van der Waals surface area contributed by atoms with Crippen LogP contribution in [0.25, 0.3) is 27.8 Å². The summed E-state index contributed by atoms with van der Waals surface area (Å²) < 4.78 is 4.52. The fourth-order valence-electron chi connectivity index (χ4n) is 4.66. The van der Waals surface area contributed by atoms with E-state index in [0.29, 0.717) is 0 Å². The van der Waals surface area contributed by atoms with Gasteiger partial charge >= 0.3 is 0 Å². The van der Waals surface area contributed by atoms with Gasteiger partial charge in [-0.25, -0.2) is 9.97 Å². The van der Waals surface area contributed by atoms with Crippen LogP contribution in [0, 0.1) is 0 Å². The fraction of sp³-hybridized carbons (Fsp3) is 0.364. The maximum Gasteiger partial charge on any atom is 0.144 e. The van der Waals surface area contributed by atoms with Gasteiger partial charge in [0.2, 0.25) is 0 Å². The lowest BCUT2D eigenvalue weighted by Crippen LogP contribution is -2.41. The van der Waals surface area contributed by atoms with Gasteiger partial charge in [0.1, 0.15) is 11.5 Å². The maximum atomic E-state index is 4.95. The van der Waals surface area contributed by atoms with Crippen molar-refractivity contribution in [1.82, 2.24) is 23.8 Å². The number of fused-ring (bicyclic) bond motifs is 4. The Balaban J connectivity index is 1.42. The first-order chi connectivity index (χ1) is 13.4. The molecule has 1 aromatic carbocycles. The van der Waals surface area contributed by atoms with E-state index in [2.05, 4.69) is 49.2 Å². The Labute approximate surface area is 158 Å². The van der Waals surface area contributed by atoms with Crippen LogP contribution in [0.1, 0.15) is 25.1 Å². The quantitative estimate of drug-likeness (QED) is 0.548. The molecule has 1 saturated carbocycles. The highest BCUT2D eigenvalue weighted by Crippen LogP contribution is 2.30. The van der Waals surface area contributed by atoms with Crippen molar-refractivity contribution in [1.29, 1.82) is 0 Å². The van der Waals surface area contributed by atoms with Gasteiger partial charge in [0, 0.05) is 56.3 Å².